The van der Waals surface area contributed by atoms with Gasteiger partial charge in [0.05, 0.1) is 34.1 Å². The molecular weight excluding hydrogens is 310 g/mol. The van der Waals surface area contributed by atoms with Crippen molar-refractivity contribution in [3.8, 4) is 23.0 Å². The fourth-order valence-electron chi connectivity index (χ4n) is 2.31. The van der Waals surface area contributed by atoms with E-state index in [1.54, 1.807) is 51.7 Å². The van der Waals surface area contributed by atoms with Gasteiger partial charge in [-0.15, -0.1) is 0 Å². The second-order valence-corrected chi connectivity index (χ2v) is 5.03. The molecule has 6 nitrogen and oxygen atoms in total. The number of benzene rings is 2. The first-order valence-corrected chi connectivity index (χ1v) is 7.30. The third-order valence-electron chi connectivity index (χ3n) is 3.67. The largest absolute Gasteiger partial charge is 0.497 e. The van der Waals surface area contributed by atoms with Crippen molar-refractivity contribution < 1.29 is 23.7 Å². The highest BCUT2D eigenvalue weighted by molar-refractivity contribution is 6.05. The second-order valence-electron chi connectivity index (χ2n) is 5.03. The van der Waals surface area contributed by atoms with E-state index in [1.165, 1.54) is 7.11 Å². The smallest absolute Gasteiger partial charge is 0.256 e. The summed E-state index contributed by atoms with van der Waals surface area (Å²) in [5.41, 5.74) is 1.80. The lowest BCUT2D eigenvalue weighted by Crippen LogP contribution is -2.13. The lowest BCUT2D eigenvalue weighted by Gasteiger charge is -2.14. The monoisotopic (exact) mass is 331 g/mol. The average Bonchev–Trinajstić information content (AvgIpc) is 2.62. The van der Waals surface area contributed by atoms with Gasteiger partial charge >= 0.3 is 0 Å². The maximum atomic E-state index is 12.6. The molecule has 128 valence electrons. The van der Waals surface area contributed by atoms with Gasteiger partial charge in [0.15, 0.2) is 0 Å². The molecule has 0 saturated carbocycles. The summed E-state index contributed by atoms with van der Waals surface area (Å²) < 4.78 is 21.0. The Hall–Kier alpha value is -2.89. The van der Waals surface area contributed by atoms with Gasteiger partial charge in [0.25, 0.3) is 5.91 Å². The Labute approximate surface area is 141 Å². The first-order chi connectivity index (χ1) is 11.5. The number of amides is 1. The zero-order chi connectivity index (χ0) is 17.7. The number of anilines is 1. The van der Waals surface area contributed by atoms with Gasteiger partial charge in [-0.3, -0.25) is 4.79 Å². The molecule has 0 heterocycles. The highest BCUT2D eigenvalue weighted by atomic mass is 16.5. The molecule has 0 aliphatic heterocycles. The van der Waals surface area contributed by atoms with E-state index in [9.17, 15) is 4.79 Å². The molecule has 0 fully saturated rings. The molecular formula is C18H21NO5. The minimum absolute atomic E-state index is 0.296. The number of hydrogen-bond donors (Lipinski definition) is 1. The van der Waals surface area contributed by atoms with Crippen molar-refractivity contribution in [3.05, 3.63) is 41.5 Å². The van der Waals surface area contributed by atoms with E-state index in [4.69, 9.17) is 18.9 Å². The van der Waals surface area contributed by atoms with Crippen molar-refractivity contribution in [3.63, 3.8) is 0 Å². The quantitative estimate of drug-likeness (QED) is 0.880. The van der Waals surface area contributed by atoms with Crippen LogP contribution in [0.15, 0.2) is 30.3 Å². The van der Waals surface area contributed by atoms with E-state index >= 15 is 0 Å². The molecule has 0 aromatic heterocycles. The summed E-state index contributed by atoms with van der Waals surface area (Å²) in [5.74, 6) is 2.02. The van der Waals surface area contributed by atoms with E-state index in [2.05, 4.69) is 5.32 Å². The Kier molecular flexibility index (Phi) is 5.52. The molecule has 0 aliphatic rings. The molecule has 0 atom stereocenters. The van der Waals surface area contributed by atoms with Crippen LogP contribution in [0.4, 0.5) is 5.69 Å². The van der Waals surface area contributed by atoms with Crippen molar-refractivity contribution in [1.82, 2.24) is 0 Å². The molecule has 2 rings (SSSR count). The van der Waals surface area contributed by atoms with Crippen LogP contribution in [0.2, 0.25) is 0 Å². The number of methoxy groups -OCH3 is 4. The zero-order valence-electron chi connectivity index (χ0n) is 14.4. The van der Waals surface area contributed by atoms with Crippen LogP contribution in [0, 0.1) is 6.92 Å². The van der Waals surface area contributed by atoms with Gasteiger partial charge in [-0.2, -0.15) is 0 Å². The van der Waals surface area contributed by atoms with E-state index < -0.39 is 0 Å². The van der Waals surface area contributed by atoms with Gasteiger partial charge in [-0.05, 0) is 31.2 Å². The molecule has 0 bridgehead atoms. The van der Waals surface area contributed by atoms with Crippen LogP contribution in [0.25, 0.3) is 0 Å². The van der Waals surface area contributed by atoms with Gasteiger partial charge < -0.3 is 24.3 Å². The molecule has 0 saturated heterocycles. The maximum Gasteiger partial charge on any atom is 0.256 e. The molecule has 6 heteroatoms. The third-order valence-corrected chi connectivity index (χ3v) is 3.67. The van der Waals surface area contributed by atoms with E-state index in [-0.39, 0.29) is 5.91 Å². The van der Waals surface area contributed by atoms with Crippen LogP contribution in [-0.4, -0.2) is 34.3 Å². The standard InChI is InChI=1S/C18H21NO5/c1-11-15(22-3)8-12(9-16(11)23-4)18(20)19-14-7-6-13(21-2)10-17(14)24-5/h6-10H,1-5H3,(H,19,20). The normalized spacial score (nSPS) is 10.0. The van der Waals surface area contributed by atoms with Gasteiger partial charge in [0.1, 0.15) is 23.0 Å². The molecule has 0 unspecified atom stereocenters. The number of nitrogens with one attached hydrogen (secondary N) is 1. The highest BCUT2D eigenvalue weighted by Gasteiger charge is 2.15. The van der Waals surface area contributed by atoms with Crippen molar-refractivity contribution in [2.75, 3.05) is 33.8 Å². The summed E-state index contributed by atoms with van der Waals surface area (Å²) in [6.45, 7) is 1.87. The topological polar surface area (TPSA) is 66.0 Å². The van der Waals surface area contributed by atoms with Gasteiger partial charge in [0, 0.05) is 17.2 Å². The average molecular weight is 331 g/mol. The summed E-state index contributed by atoms with van der Waals surface area (Å²) in [4.78, 5) is 12.6. The first kappa shape index (κ1) is 17.5. The Bertz CT molecular complexity index is 717. The van der Waals surface area contributed by atoms with Gasteiger partial charge in [-0.25, -0.2) is 0 Å². The number of carbonyl (C=O) groups excluding carboxylic acids is 1. The van der Waals surface area contributed by atoms with Crippen molar-refractivity contribution in [1.29, 1.82) is 0 Å². The van der Waals surface area contributed by atoms with Crippen LogP contribution < -0.4 is 24.3 Å². The summed E-state index contributed by atoms with van der Waals surface area (Å²) in [7, 11) is 6.20. The van der Waals surface area contributed by atoms with E-state index in [0.717, 1.165) is 5.56 Å². The lowest BCUT2D eigenvalue weighted by molar-refractivity contribution is 0.102. The predicted octanol–water partition coefficient (Wildman–Crippen LogP) is 3.28. The van der Waals surface area contributed by atoms with E-state index in [1.807, 2.05) is 6.92 Å². The van der Waals surface area contributed by atoms with E-state index in [0.29, 0.717) is 34.2 Å². The van der Waals surface area contributed by atoms with Gasteiger partial charge in [-0.1, -0.05) is 0 Å². The molecule has 0 radical (unpaired) electrons. The minimum atomic E-state index is -0.296. The number of rotatable bonds is 6. The number of ether oxygens (including phenoxy) is 4. The van der Waals surface area contributed by atoms with Crippen molar-refractivity contribution >= 4 is 11.6 Å². The van der Waals surface area contributed by atoms with Crippen molar-refractivity contribution in [2.45, 2.75) is 6.92 Å². The third kappa shape index (κ3) is 3.53. The fraction of sp³-hybridized carbons (Fsp3) is 0.278. The molecule has 24 heavy (non-hydrogen) atoms. The summed E-state index contributed by atoms with van der Waals surface area (Å²) >= 11 is 0. The lowest BCUT2D eigenvalue weighted by atomic mass is 10.1. The zero-order valence-corrected chi connectivity index (χ0v) is 14.4. The molecule has 2 aromatic carbocycles. The number of hydrogen-bond acceptors (Lipinski definition) is 5. The minimum Gasteiger partial charge on any atom is -0.497 e. The Morgan fingerprint density at radius 2 is 1.42 bits per heavy atom. The van der Waals surface area contributed by atoms with Crippen LogP contribution in [0.5, 0.6) is 23.0 Å². The molecule has 1 amide bonds. The second kappa shape index (κ2) is 7.59. The molecule has 1 N–H and O–H groups in total. The van der Waals surface area contributed by atoms with Crippen LogP contribution >= 0.6 is 0 Å². The Morgan fingerprint density at radius 1 is 0.833 bits per heavy atom. The Balaban J connectivity index is 2.33. The Morgan fingerprint density at radius 3 is 1.92 bits per heavy atom. The van der Waals surface area contributed by atoms with Crippen LogP contribution in [-0.2, 0) is 0 Å². The molecule has 2 aromatic rings. The predicted molar refractivity (Wildman–Crippen MR) is 91.8 cm³/mol. The first-order valence-electron chi connectivity index (χ1n) is 7.30. The summed E-state index contributed by atoms with van der Waals surface area (Å²) in [6, 6.07) is 8.50. The van der Waals surface area contributed by atoms with Crippen LogP contribution in [0.1, 0.15) is 15.9 Å². The SMILES string of the molecule is COc1ccc(NC(=O)c2cc(OC)c(C)c(OC)c2)c(OC)c1. The highest BCUT2D eigenvalue weighted by Crippen LogP contribution is 2.32. The van der Waals surface area contributed by atoms with Gasteiger partial charge in [0.2, 0.25) is 0 Å². The summed E-state index contributed by atoms with van der Waals surface area (Å²) in [6.07, 6.45) is 0. The summed E-state index contributed by atoms with van der Waals surface area (Å²) in [5, 5.41) is 2.82. The number of carbonyl (C=O) groups is 1. The maximum absolute atomic E-state index is 12.6. The molecule has 0 aliphatic carbocycles. The van der Waals surface area contributed by atoms with Crippen molar-refractivity contribution in [2.24, 2.45) is 0 Å². The fourth-order valence-corrected chi connectivity index (χ4v) is 2.31. The van der Waals surface area contributed by atoms with Crippen LogP contribution in [0.3, 0.4) is 0 Å². The molecule has 0 spiro atoms.